The molecule has 0 spiro atoms. The number of rotatable bonds is 6. The fourth-order valence-electron chi connectivity index (χ4n) is 1.89. The molecule has 96 valence electrons. The van der Waals surface area contributed by atoms with Crippen LogP contribution in [-0.4, -0.2) is 19.6 Å². The Labute approximate surface area is 106 Å². The molecule has 0 atom stereocenters. The van der Waals surface area contributed by atoms with Crippen molar-refractivity contribution in [1.29, 1.82) is 0 Å². The second-order valence-electron chi connectivity index (χ2n) is 5.07. The molecule has 0 heterocycles. The quantitative estimate of drug-likeness (QED) is 0.812. The molecule has 0 aliphatic rings. The van der Waals surface area contributed by atoms with Crippen molar-refractivity contribution >= 4 is 5.69 Å². The minimum Gasteiger partial charge on any atom is -0.375 e. The molecular formula is C15H26N2. The Kier molecular flexibility index (Phi) is 5.49. The van der Waals surface area contributed by atoms with Crippen LogP contribution in [0.5, 0.6) is 0 Å². The van der Waals surface area contributed by atoms with Gasteiger partial charge in [-0.15, -0.1) is 0 Å². The van der Waals surface area contributed by atoms with Crippen molar-refractivity contribution in [2.75, 3.05) is 18.5 Å². The summed E-state index contributed by atoms with van der Waals surface area (Å²) < 4.78 is 0. The van der Waals surface area contributed by atoms with Gasteiger partial charge in [0, 0.05) is 31.9 Å². The molecule has 2 nitrogen and oxygen atoms in total. The van der Waals surface area contributed by atoms with Crippen LogP contribution < -0.4 is 10.2 Å². The monoisotopic (exact) mass is 234 g/mol. The fraction of sp³-hybridized carbons (Fsp3) is 0.600. The fourth-order valence-corrected chi connectivity index (χ4v) is 1.89. The first-order valence-electron chi connectivity index (χ1n) is 6.58. The number of hydrogen-bond acceptors (Lipinski definition) is 2. The molecule has 0 saturated heterocycles. The van der Waals surface area contributed by atoms with Gasteiger partial charge < -0.3 is 10.2 Å². The second-order valence-corrected chi connectivity index (χ2v) is 5.07. The van der Waals surface area contributed by atoms with Gasteiger partial charge in [0.1, 0.15) is 0 Å². The maximum Gasteiger partial charge on any atom is 0.0366 e. The van der Waals surface area contributed by atoms with Crippen molar-refractivity contribution in [1.82, 2.24) is 5.32 Å². The molecule has 1 rings (SSSR count). The Morgan fingerprint density at radius 2 is 2.00 bits per heavy atom. The van der Waals surface area contributed by atoms with E-state index in [2.05, 4.69) is 63.2 Å². The zero-order valence-electron chi connectivity index (χ0n) is 11.9. The molecule has 0 saturated carbocycles. The Hall–Kier alpha value is -1.02. The molecule has 1 aromatic carbocycles. The Morgan fingerprint density at radius 3 is 2.53 bits per heavy atom. The summed E-state index contributed by atoms with van der Waals surface area (Å²) in [5, 5.41) is 3.46. The van der Waals surface area contributed by atoms with Gasteiger partial charge in [0.15, 0.2) is 0 Å². The molecule has 0 bridgehead atoms. The van der Waals surface area contributed by atoms with E-state index in [0.717, 1.165) is 13.1 Å². The molecule has 0 amide bonds. The van der Waals surface area contributed by atoms with E-state index in [1.807, 2.05) is 0 Å². The van der Waals surface area contributed by atoms with Crippen molar-refractivity contribution in [3.8, 4) is 0 Å². The predicted molar refractivity (Wildman–Crippen MR) is 76.7 cm³/mol. The lowest BCUT2D eigenvalue weighted by atomic mass is 10.1. The SMILES string of the molecule is CCCN(C)c1ccc(CNC(C)C)c(C)c1. The first kappa shape index (κ1) is 14.0. The summed E-state index contributed by atoms with van der Waals surface area (Å²) in [7, 11) is 2.16. The van der Waals surface area contributed by atoms with Crippen LogP contribution in [0.15, 0.2) is 18.2 Å². The van der Waals surface area contributed by atoms with Gasteiger partial charge in [0.25, 0.3) is 0 Å². The highest BCUT2D eigenvalue weighted by molar-refractivity contribution is 5.50. The zero-order chi connectivity index (χ0) is 12.8. The predicted octanol–water partition coefficient (Wildman–Crippen LogP) is 3.34. The summed E-state index contributed by atoms with van der Waals surface area (Å²) in [6, 6.07) is 7.29. The average molecular weight is 234 g/mol. The van der Waals surface area contributed by atoms with Gasteiger partial charge in [-0.05, 0) is 36.6 Å². The number of aryl methyl sites for hydroxylation is 1. The van der Waals surface area contributed by atoms with Gasteiger partial charge in [-0.3, -0.25) is 0 Å². The number of nitrogens with one attached hydrogen (secondary N) is 1. The maximum atomic E-state index is 3.46. The summed E-state index contributed by atoms with van der Waals surface area (Å²) in [6.07, 6.45) is 1.19. The lowest BCUT2D eigenvalue weighted by molar-refractivity contribution is 0.587. The van der Waals surface area contributed by atoms with E-state index in [-0.39, 0.29) is 0 Å². The van der Waals surface area contributed by atoms with E-state index in [1.165, 1.54) is 23.2 Å². The van der Waals surface area contributed by atoms with Crippen LogP contribution in [0, 0.1) is 6.92 Å². The van der Waals surface area contributed by atoms with Gasteiger partial charge in [-0.1, -0.05) is 26.8 Å². The first-order valence-corrected chi connectivity index (χ1v) is 6.58. The minimum absolute atomic E-state index is 0.539. The van der Waals surface area contributed by atoms with E-state index in [9.17, 15) is 0 Å². The van der Waals surface area contributed by atoms with Crippen molar-refractivity contribution < 1.29 is 0 Å². The highest BCUT2D eigenvalue weighted by atomic mass is 15.1. The third kappa shape index (κ3) is 4.39. The number of anilines is 1. The summed E-state index contributed by atoms with van der Waals surface area (Å²) in [6.45, 7) is 10.8. The normalized spacial score (nSPS) is 10.9. The molecule has 0 aliphatic carbocycles. The summed E-state index contributed by atoms with van der Waals surface area (Å²) >= 11 is 0. The Balaban J connectivity index is 2.72. The zero-order valence-corrected chi connectivity index (χ0v) is 11.9. The summed E-state index contributed by atoms with van der Waals surface area (Å²) in [4.78, 5) is 2.31. The van der Waals surface area contributed by atoms with Gasteiger partial charge in [0.2, 0.25) is 0 Å². The highest BCUT2D eigenvalue weighted by Crippen LogP contribution is 2.18. The maximum absolute atomic E-state index is 3.46. The molecule has 2 heteroatoms. The van der Waals surface area contributed by atoms with Gasteiger partial charge >= 0.3 is 0 Å². The largest absolute Gasteiger partial charge is 0.375 e. The molecule has 1 aromatic rings. The van der Waals surface area contributed by atoms with Crippen LogP contribution in [0.1, 0.15) is 38.3 Å². The van der Waals surface area contributed by atoms with Gasteiger partial charge in [-0.25, -0.2) is 0 Å². The van der Waals surface area contributed by atoms with Crippen molar-refractivity contribution in [3.63, 3.8) is 0 Å². The number of hydrogen-bond donors (Lipinski definition) is 1. The minimum atomic E-state index is 0.539. The topological polar surface area (TPSA) is 15.3 Å². The van der Waals surface area contributed by atoms with E-state index < -0.39 is 0 Å². The molecule has 0 unspecified atom stereocenters. The summed E-state index contributed by atoms with van der Waals surface area (Å²) in [5.74, 6) is 0. The van der Waals surface area contributed by atoms with E-state index in [1.54, 1.807) is 0 Å². The second kappa shape index (κ2) is 6.65. The molecule has 0 aromatic heterocycles. The van der Waals surface area contributed by atoms with E-state index >= 15 is 0 Å². The standard InChI is InChI=1S/C15H26N2/c1-6-9-17(5)15-8-7-14(13(4)10-15)11-16-12(2)3/h7-8,10,12,16H,6,9,11H2,1-5H3. The lowest BCUT2D eigenvalue weighted by Crippen LogP contribution is -2.22. The smallest absolute Gasteiger partial charge is 0.0366 e. The molecule has 17 heavy (non-hydrogen) atoms. The highest BCUT2D eigenvalue weighted by Gasteiger charge is 2.04. The van der Waals surface area contributed by atoms with Crippen molar-refractivity contribution in [2.24, 2.45) is 0 Å². The van der Waals surface area contributed by atoms with Crippen LogP contribution in [0.2, 0.25) is 0 Å². The molecular weight excluding hydrogens is 208 g/mol. The number of benzene rings is 1. The molecule has 0 radical (unpaired) electrons. The molecule has 0 fully saturated rings. The van der Waals surface area contributed by atoms with Crippen LogP contribution in [0.4, 0.5) is 5.69 Å². The third-order valence-corrected chi connectivity index (χ3v) is 3.03. The first-order chi connectivity index (χ1) is 8.04. The van der Waals surface area contributed by atoms with Crippen LogP contribution in [0.25, 0.3) is 0 Å². The average Bonchev–Trinajstić information content (AvgIpc) is 2.27. The van der Waals surface area contributed by atoms with Crippen LogP contribution in [-0.2, 0) is 6.54 Å². The lowest BCUT2D eigenvalue weighted by Gasteiger charge is -2.20. The van der Waals surface area contributed by atoms with E-state index in [0.29, 0.717) is 6.04 Å². The van der Waals surface area contributed by atoms with Gasteiger partial charge in [-0.2, -0.15) is 0 Å². The summed E-state index contributed by atoms with van der Waals surface area (Å²) in [5.41, 5.74) is 4.09. The van der Waals surface area contributed by atoms with Crippen molar-refractivity contribution in [2.45, 2.75) is 46.7 Å². The molecule has 1 N–H and O–H groups in total. The van der Waals surface area contributed by atoms with E-state index in [4.69, 9.17) is 0 Å². The Morgan fingerprint density at radius 1 is 1.29 bits per heavy atom. The molecule has 0 aliphatic heterocycles. The number of nitrogens with zero attached hydrogens (tertiary/aromatic N) is 1. The van der Waals surface area contributed by atoms with Gasteiger partial charge in [0.05, 0.1) is 0 Å². The van der Waals surface area contributed by atoms with Crippen molar-refractivity contribution in [3.05, 3.63) is 29.3 Å². The Bertz CT molecular complexity index is 345. The van der Waals surface area contributed by atoms with Crippen LogP contribution >= 0.6 is 0 Å². The van der Waals surface area contributed by atoms with Crippen LogP contribution in [0.3, 0.4) is 0 Å². The third-order valence-electron chi connectivity index (χ3n) is 3.03.